The predicted octanol–water partition coefficient (Wildman–Crippen LogP) is 4.22. The third-order valence-electron chi connectivity index (χ3n) is 4.84. The zero-order chi connectivity index (χ0) is 22.3. The fraction of sp³-hybridized carbons (Fsp3) is 0.0417. The second-order valence-electron chi connectivity index (χ2n) is 6.96. The predicted molar refractivity (Wildman–Crippen MR) is 123 cm³/mol. The molecule has 3 aromatic carbocycles. The second-order valence-corrected chi connectivity index (χ2v) is 6.96. The summed E-state index contributed by atoms with van der Waals surface area (Å²) >= 11 is 0. The summed E-state index contributed by atoms with van der Waals surface area (Å²) in [4.78, 5) is 21.3. The number of carbonyl (C=O) groups is 1. The Labute approximate surface area is 184 Å². The normalized spacial score (nSPS) is 10.6. The molecule has 160 valence electrons. The van der Waals surface area contributed by atoms with Crippen LogP contribution in [0.2, 0.25) is 0 Å². The third-order valence-corrected chi connectivity index (χ3v) is 4.84. The van der Waals surface area contributed by atoms with Gasteiger partial charge in [0.1, 0.15) is 17.8 Å². The number of aromatic nitrogens is 2. The standard InChI is InChI=1S/C24H21FN6O/c25-18-13-7-8-14-19(18)29-22-21(26)23(28-15-27-22)30-31-24(32)20(16-9-3-1-4-10-16)17-11-5-2-6-12-17/h1-15,20H,26H2,(H,31,32)(H2,27,28,29,30). The number of hydrazine groups is 1. The second kappa shape index (κ2) is 9.57. The summed E-state index contributed by atoms with van der Waals surface area (Å²) in [6.07, 6.45) is 1.26. The van der Waals surface area contributed by atoms with E-state index in [-0.39, 0.29) is 28.9 Å². The topological polar surface area (TPSA) is 105 Å². The molecule has 0 aliphatic heterocycles. The molecule has 0 fully saturated rings. The van der Waals surface area contributed by atoms with Gasteiger partial charge in [0.2, 0.25) is 5.91 Å². The Hall–Kier alpha value is -4.46. The van der Waals surface area contributed by atoms with Crippen LogP contribution in [-0.2, 0) is 4.79 Å². The van der Waals surface area contributed by atoms with E-state index in [1.54, 1.807) is 18.2 Å². The molecule has 0 saturated heterocycles. The number of nitrogen functional groups attached to an aromatic ring is 1. The van der Waals surface area contributed by atoms with Gasteiger partial charge in [0, 0.05) is 0 Å². The lowest BCUT2D eigenvalue weighted by molar-refractivity contribution is -0.121. The number of nitrogens with two attached hydrogens (primary N) is 1. The number of hydrogen-bond donors (Lipinski definition) is 4. The van der Waals surface area contributed by atoms with Crippen molar-refractivity contribution < 1.29 is 9.18 Å². The van der Waals surface area contributed by atoms with Crippen molar-refractivity contribution in [2.45, 2.75) is 5.92 Å². The number of hydrogen-bond acceptors (Lipinski definition) is 6. The highest BCUT2D eigenvalue weighted by Gasteiger charge is 2.23. The van der Waals surface area contributed by atoms with Gasteiger partial charge < -0.3 is 11.1 Å². The smallest absolute Gasteiger partial charge is 0.250 e. The molecule has 0 bridgehead atoms. The summed E-state index contributed by atoms with van der Waals surface area (Å²) in [7, 11) is 0. The first-order chi connectivity index (χ1) is 15.6. The van der Waals surface area contributed by atoms with Gasteiger partial charge in [-0.15, -0.1) is 0 Å². The minimum atomic E-state index is -0.538. The number of amides is 1. The Morgan fingerprint density at radius 2 is 1.38 bits per heavy atom. The number of carbonyl (C=O) groups excluding carboxylic acids is 1. The van der Waals surface area contributed by atoms with Crippen molar-refractivity contribution in [3.05, 3.63) is 108 Å². The SMILES string of the molecule is Nc1c(NNC(=O)C(c2ccccc2)c2ccccc2)ncnc1Nc1ccccc1F. The first-order valence-corrected chi connectivity index (χ1v) is 9.91. The van der Waals surface area contributed by atoms with Crippen LogP contribution in [0.15, 0.2) is 91.3 Å². The van der Waals surface area contributed by atoms with Crippen LogP contribution in [0.3, 0.4) is 0 Å². The van der Waals surface area contributed by atoms with E-state index in [0.29, 0.717) is 0 Å². The van der Waals surface area contributed by atoms with Gasteiger partial charge in [-0.2, -0.15) is 0 Å². The van der Waals surface area contributed by atoms with Gasteiger partial charge in [-0.05, 0) is 23.3 Å². The van der Waals surface area contributed by atoms with Gasteiger partial charge in [0.15, 0.2) is 11.6 Å². The Bertz CT molecular complexity index is 1160. The summed E-state index contributed by atoms with van der Waals surface area (Å²) in [5.74, 6) is -0.869. The minimum Gasteiger partial charge on any atom is -0.393 e. The largest absolute Gasteiger partial charge is 0.393 e. The van der Waals surface area contributed by atoms with Gasteiger partial charge in [-0.25, -0.2) is 14.4 Å². The highest BCUT2D eigenvalue weighted by molar-refractivity contribution is 5.89. The summed E-state index contributed by atoms with van der Waals surface area (Å²) in [6.45, 7) is 0. The highest BCUT2D eigenvalue weighted by Crippen LogP contribution is 2.28. The van der Waals surface area contributed by atoms with Crippen LogP contribution in [0.5, 0.6) is 0 Å². The molecule has 0 radical (unpaired) electrons. The van der Waals surface area contributed by atoms with E-state index in [1.165, 1.54) is 12.4 Å². The number of halogens is 1. The lowest BCUT2D eigenvalue weighted by atomic mass is 9.91. The number of rotatable bonds is 7. The van der Waals surface area contributed by atoms with Gasteiger partial charge in [0.05, 0.1) is 11.6 Å². The Morgan fingerprint density at radius 3 is 2.00 bits per heavy atom. The van der Waals surface area contributed by atoms with Crippen molar-refractivity contribution in [2.75, 3.05) is 16.5 Å². The lowest BCUT2D eigenvalue weighted by Crippen LogP contribution is -2.35. The Kier molecular flexibility index (Phi) is 6.22. The van der Waals surface area contributed by atoms with E-state index in [1.807, 2.05) is 60.7 Å². The summed E-state index contributed by atoms with van der Waals surface area (Å²) in [6, 6.07) is 25.1. The summed E-state index contributed by atoms with van der Waals surface area (Å²) in [5.41, 5.74) is 13.6. The Balaban J connectivity index is 1.53. The minimum absolute atomic E-state index is 0.132. The monoisotopic (exact) mass is 428 g/mol. The number of anilines is 4. The number of para-hydroxylation sites is 1. The molecular weight excluding hydrogens is 407 g/mol. The maximum Gasteiger partial charge on any atom is 0.250 e. The van der Waals surface area contributed by atoms with E-state index < -0.39 is 11.7 Å². The molecule has 4 aromatic rings. The lowest BCUT2D eigenvalue weighted by Gasteiger charge is -2.19. The average molecular weight is 428 g/mol. The Morgan fingerprint density at radius 1 is 0.812 bits per heavy atom. The molecule has 0 aliphatic rings. The van der Waals surface area contributed by atoms with Gasteiger partial charge >= 0.3 is 0 Å². The quantitative estimate of drug-likeness (QED) is 0.329. The maximum absolute atomic E-state index is 14.0. The molecule has 0 spiro atoms. The molecule has 1 heterocycles. The van der Waals surface area contributed by atoms with E-state index in [4.69, 9.17) is 5.73 Å². The highest BCUT2D eigenvalue weighted by atomic mass is 19.1. The van der Waals surface area contributed by atoms with Crippen LogP contribution in [0.25, 0.3) is 0 Å². The molecule has 32 heavy (non-hydrogen) atoms. The van der Waals surface area contributed by atoms with Crippen LogP contribution in [0, 0.1) is 5.82 Å². The van der Waals surface area contributed by atoms with Gasteiger partial charge in [0.25, 0.3) is 0 Å². The molecular formula is C24H21FN6O. The van der Waals surface area contributed by atoms with E-state index in [2.05, 4.69) is 26.1 Å². The molecule has 5 N–H and O–H groups in total. The van der Waals surface area contributed by atoms with E-state index in [9.17, 15) is 9.18 Å². The molecule has 4 rings (SSSR count). The third kappa shape index (κ3) is 4.65. The molecule has 1 aromatic heterocycles. The average Bonchev–Trinajstić information content (AvgIpc) is 2.82. The fourth-order valence-corrected chi connectivity index (χ4v) is 3.26. The summed E-state index contributed by atoms with van der Waals surface area (Å²) in [5, 5.41) is 2.84. The molecule has 8 heteroatoms. The van der Waals surface area contributed by atoms with E-state index >= 15 is 0 Å². The van der Waals surface area contributed by atoms with Gasteiger partial charge in [-0.1, -0.05) is 72.8 Å². The fourth-order valence-electron chi connectivity index (χ4n) is 3.26. The van der Waals surface area contributed by atoms with Crippen molar-refractivity contribution in [1.29, 1.82) is 0 Å². The number of nitrogens with zero attached hydrogens (tertiary/aromatic N) is 2. The molecule has 0 aliphatic carbocycles. The van der Waals surface area contributed by atoms with Crippen LogP contribution in [0.4, 0.5) is 27.4 Å². The summed E-state index contributed by atoms with van der Waals surface area (Å²) < 4.78 is 14.0. The molecule has 7 nitrogen and oxygen atoms in total. The van der Waals surface area contributed by atoms with Crippen molar-refractivity contribution in [2.24, 2.45) is 0 Å². The van der Waals surface area contributed by atoms with Crippen molar-refractivity contribution >= 4 is 28.9 Å². The number of benzene rings is 3. The van der Waals surface area contributed by atoms with Crippen LogP contribution in [-0.4, -0.2) is 15.9 Å². The molecule has 0 atom stereocenters. The van der Waals surface area contributed by atoms with Crippen LogP contribution >= 0.6 is 0 Å². The van der Waals surface area contributed by atoms with Crippen LogP contribution in [0.1, 0.15) is 17.0 Å². The molecule has 0 saturated carbocycles. The van der Waals surface area contributed by atoms with E-state index in [0.717, 1.165) is 11.1 Å². The van der Waals surface area contributed by atoms with Gasteiger partial charge in [-0.3, -0.25) is 15.6 Å². The molecule has 1 amide bonds. The molecule has 0 unspecified atom stereocenters. The first-order valence-electron chi connectivity index (χ1n) is 9.91. The van der Waals surface area contributed by atoms with Crippen molar-refractivity contribution in [3.63, 3.8) is 0 Å². The van der Waals surface area contributed by atoms with Crippen LogP contribution < -0.4 is 21.9 Å². The zero-order valence-corrected chi connectivity index (χ0v) is 17.0. The first kappa shape index (κ1) is 20.8. The maximum atomic E-state index is 14.0. The van der Waals surface area contributed by atoms with Crippen molar-refractivity contribution in [1.82, 2.24) is 15.4 Å². The van der Waals surface area contributed by atoms with Crippen molar-refractivity contribution in [3.8, 4) is 0 Å². The number of nitrogens with one attached hydrogen (secondary N) is 3. The zero-order valence-electron chi connectivity index (χ0n) is 17.0.